The van der Waals surface area contributed by atoms with Crippen molar-refractivity contribution < 1.29 is 19.8 Å². The first-order chi connectivity index (χ1) is 8.24. The van der Waals surface area contributed by atoms with Gasteiger partial charge in [-0.25, -0.2) is 4.79 Å². The molecule has 0 aliphatic heterocycles. The fourth-order valence-electron chi connectivity index (χ4n) is 1.17. The molecule has 0 saturated heterocycles. The Bertz CT molecular complexity index is 451. The first-order valence-corrected chi connectivity index (χ1v) is 5.53. The van der Waals surface area contributed by atoms with Crippen molar-refractivity contribution in [2.75, 3.05) is 6.54 Å². The molecule has 1 amide bonds. The van der Waals surface area contributed by atoms with Crippen molar-refractivity contribution >= 4 is 11.9 Å². The predicted molar refractivity (Wildman–Crippen MR) is 63.2 cm³/mol. The highest BCUT2D eigenvalue weighted by Crippen LogP contribution is 2.05. The SMILES string of the molecule is CC(C)n1ccc(C(=O)NCC(C)(O)C(=O)O)n1. The van der Waals surface area contributed by atoms with Gasteiger partial charge in [-0.15, -0.1) is 0 Å². The molecule has 7 nitrogen and oxygen atoms in total. The van der Waals surface area contributed by atoms with E-state index in [0.717, 1.165) is 6.92 Å². The second kappa shape index (κ2) is 5.18. The molecule has 0 spiro atoms. The van der Waals surface area contributed by atoms with Crippen LogP contribution in [0.5, 0.6) is 0 Å². The van der Waals surface area contributed by atoms with E-state index < -0.39 is 17.5 Å². The largest absolute Gasteiger partial charge is 0.479 e. The summed E-state index contributed by atoms with van der Waals surface area (Å²) in [5, 5.41) is 24.5. The molecular weight excluding hydrogens is 238 g/mol. The number of carbonyl (C=O) groups is 2. The summed E-state index contributed by atoms with van der Waals surface area (Å²) in [6.07, 6.45) is 1.66. The van der Waals surface area contributed by atoms with Crippen molar-refractivity contribution in [1.82, 2.24) is 15.1 Å². The van der Waals surface area contributed by atoms with Crippen LogP contribution in [0.15, 0.2) is 12.3 Å². The van der Waals surface area contributed by atoms with Gasteiger partial charge in [-0.2, -0.15) is 5.10 Å². The molecule has 3 N–H and O–H groups in total. The summed E-state index contributed by atoms with van der Waals surface area (Å²) in [6.45, 7) is 4.58. The van der Waals surface area contributed by atoms with E-state index in [1.54, 1.807) is 10.9 Å². The zero-order valence-electron chi connectivity index (χ0n) is 10.5. The normalized spacial score (nSPS) is 14.3. The maximum atomic E-state index is 11.7. The van der Waals surface area contributed by atoms with Crippen molar-refractivity contribution in [3.8, 4) is 0 Å². The zero-order valence-corrected chi connectivity index (χ0v) is 10.5. The number of hydrogen-bond acceptors (Lipinski definition) is 4. The standard InChI is InChI=1S/C11H17N3O4/c1-7(2)14-5-4-8(13-14)9(15)12-6-11(3,18)10(16)17/h4-5,7,18H,6H2,1-3H3,(H,12,15)(H,16,17). The van der Waals surface area contributed by atoms with Gasteiger partial charge in [-0.05, 0) is 26.8 Å². The van der Waals surface area contributed by atoms with Crippen LogP contribution in [0.2, 0.25) is 0 Å². The molecule has 0 bridgehead atoms. The number of rotatable bonds is 5. The number of aliphatic hydroxyl groups is 1. The molecule has 0 fully saturated rings. The number of aliphatic carboxylic acids is 1. The molecule has 100 valence electrons. The average molecular weight is 255 g/mol. The minimum Gasteiger partial charge on any atom is -0.479 e. The van der Waals surface area contributed by atoms with Crippen molar-refractivity contribution in [2.45, 2.75) is 32.4 Å². The number of carboxylic acid groups (broad SMARTS) is 1. The van der Waals surface area contributed by atoms with Crippen LogP contribution in [0.25, 0.3) is 0 Å². The third-order valence-corrected chi connectivity index (χ3v) is 2.42. The maximum Gasteiger partial charge on any atom is 0.337 e. The number of nitrogens with zero attached hydrogens (tertiary/aromatic N) is 2. The molecule has 0 aliphatic rings. The van der Waals surface area contributed by atoms with Gasteiger partial charge in [0.05, 0.1) is 6.54 Å². The van der Waals surface area contributed by atoms with Gasteiger partial charge in [0.15, 0.2) is 5.60 Å². The molecule has 1 rings (SSSR count). The van der Waals surface area contributed by atoms with Crippen molar-refractivity contribution in [1.29, 1.82) is 0 Å². The molecule has 1 atom stereocenters. The lowest BCUT2D eigenvalue weighted by molar-refractivity contribution is -0.155. The molecule has 7 heteroatoms. The van der Waals surface area contributed by atoms with E-state index in [9.17, 15) is 14.7 Å². The lowest BCUT2D eigenvalue weighted by Gasteiger charge is -2.17. The van der Waals surface area contributed by atoms with Crippen LogP contribution in [-0.2, 0) is 4.79 Å². The Morgan fingerprint density at radius 1 is 1.56 bits per heavy atom. The summed E-state index contributed by atoms with van der Waals surface area (Å²) in [4.78, 5) is 22.3. The van der Waals surface area contributed by atoms with Gasteiger partial charge < -0.3 is 15.5 Å². The summed E-state index contributed by atoms with van der Waals surface area (Å²) in [6, 6.07) is 1.67. The van der Waals surface area contributed by atoms with Crippen molar-refractivity contribution in [3.63, 3.8) is 0 Å². The summed E-state index contributed by atoms with van der Waals surface area (Å²) in [7, 11) is 0. The fraction of sp³-hybridized carbons (Fsp3) is 0.545. The van der Waals surface area contributed by atoms with Crippen LogP contribution in [0.1, 0.15) is 37.3 Å². The monoisotopic (exact) mass is 255 g/mol. The Labute approximate surface area is 104 Å². The lowest BCUT2D eigenvalue weighted by atomic mass is 10.1. The lowest BCUT2D eigenvalue weighted by Crippen LogP contribution is -2.46. The van der Waals surface area contributed by atoms with Gasteiger partial charge in [0.25, 0.3) is 5.91 Å². The smallest absolute Gasteiger partial charge is 0.337 e. The molecule has 1 heterocycles. The van der Waals surface area contributed by atoms with Crippen LogP contribution in [0.4, 0.5) is 0 Å². The van der Waals surface area contributed by atoms with Crippen LogP contribution >= 0.6 is 0 Å². The van der Waals surface area contributed by atoms with E-state index in [0.29, 0.717) is 0 Å². The molecule has 1 aromatic rings. The van der Waals surface area contributed by atoms with E-state index in [4.69, 9.17) is 5.11 Å². The van der Waals surface area contributed by atoms with E-state index >= 15 is 0 Å². The van der Waals surface area contributed by atoms with Gasteiger partial charge >= 0.3 is 5.97 Å². The number of hydrogen-bond donors (Lipinski definition) is 3. The van der Waals surface area contributed by atoms with Crippen LogP contribution in [0.3, 0.4) is 0 Å². The third-order valence-electron chi connectivity index (χ3n) is 2.42. The second-order valence-corrected chi connectivity index (χ2v) is 4.54. The number of carbonyl (C=O) groups excluding carboxylic acids is 1. The van der Waals surface area contributed by atoms with Crippen LogP contribution in [-0.4, -0.2) is 44.0 Å². The van der Waals surface area contributed by atoms with Crippen molar-refractivity contribution in [3.05, 3.63) is 18.0 Å². The minimum atomic E-state index is -1.99. The molecule has 0 aromatic carbocycles. The molecule has 0 radical (unpaired) electrons. The van der Waals surface area contributed by atoms with Crippen LogP contribution < -0.4 is 5.32 Å². The topological polar surface area (TPSA) is 104 Å². The van der Waals surface area contributed by atoms with Crippen molar-refractivity contribution in [2.24, 2.45) is 0 Å². The summed E-state index contributed by atoms with van der Waals surface area (Å²) < 4.78 is 1.62. The Morgan fingerprint density at radius 3 is 2.61 bits per heavy atom. The number of aromatic nitrogens is 2. The number of amides is 1. The summed E-state index contributed by atoms with van der Waals surface area (Å²) >= 11 is 0. The van der Waals surface area contributed by atoms with Gasteiger partial charge in [0.1, 0.15) is 5.69 Å². The highest BCUT2D eigenvalue weighted by atomic mass is 16.4. The average Bonchev–Trinajstić information content (AvgIpc) is 2.75. The Morgan fingerprint density at radius 2 is 2.17 bits per heavy atom. The van der Waals surface area contributed by atoms with Crippen LogP contribution in [0, 0.1) is 0 Å². The van der Waals surface area contributed by atoms with E-state index in [-0.39, 0.29) is 18.3 Å². The fourth-order valence-corrected chi connectivity index (χ4v) is 1.17. The molecule has 0 aliphatic carbocycles. The van der Waals surface area contributed by atoms with Gasteiger partial charge in [-0.3, -0.25) is 9.48 Å². The van der Waals surface area contributed by atoms with Gasteiger partial charge in [0.2, 0.25) is 0 Å². The van der Waals surface area contributed by atoms with E-state index in [1.807, 2.05) is 13.8 Å². The zero-order chi connectivity index (χ0) is 13.9. The quantitative estimate of drug-likeness (QED) is 0.688. The number of carboxylic acids is 1. The van der Waals surface area contributed by atoms with Gasteiger partial charge in [-0.1, -0.05) is 0 Å². The highest BCUT2D eigenvalue weighted by Gasteiger charge is 2.30. The molecule has 0 saturated carbocycles. The highest BCUT2D eigenvalue weighted by molar-refractivity contribution is 5.92. The molecule has 18 heavy (non-hydrogen) atoms. The third kappa shape index (κ3) is 3.30. The van der Waals surface area contributed by atoms with E-state index in [2.05, 4.69) is 10.4 Å². The minimum absolute atomic E-state index is 0.133. The second-order valence-electron chi connectivity index (χ2n) is 4.54. The molecular formula is C11H17N3O4. The van der Waals surface area contributed by atoms with E-state index in [1.165, 1.54) is 6.07 Å². The Balaban J connectivity index is 2.63. The maximum absolute atomic E-state index is 11.7. The summed E-state index contributed by atoms with van der Waals surface area (Å²) in [5.41, 5.74) is -1.80. The molecule has 1 aromatic heterocycles. The predicted octanol–water partition coefficient (Wildman–Crippen LogP) is 0.0294. The summed E-state index contributed by atoms with van der Waals surface area (Å²) in [5.74, 6) is -1.91. The molecule has 1 unspecified atom stereocenters. The Kier molecular flexibility index (Phi) is 4.07. The Hall–Kier alpha value is -1.89. The first-order valence-electron chi connectivity index (χ1n) is 5.53. The number of nitrogens with one attached hydrogen (secondary N) is 1. The van der Waals surface area contributed by atoms with Gasteiger partial charge in [0, 0.05) is 12.2 Å². The first kappa shape index (κ1) is 14.2.